The van der Waals surface area contributed by atoms with Crippen molar-refractivity contribution in [3.05, 3.63) is 23.8 Å². The number of hydrogen-bond donors (Lipinski definition) is 2. The molecule has 1 aliphatic rings. The smallest absolute Gasteiger partial charge is 0.269 e. The molecule has 0 unspecified atom stereocenters. The molecular weight excluding hydrogens is 296 g/mol. The van der Waals surface area contributed by atoms with Gasteiger partial charge in [0.15, 0.2) is 11.5 Å². The Hall–Kier alpha value is -2.24. The molecule has 2 amide bonds. The quantitative estimate of drug-likeness (QED) is 0.817. The van der Waals surface area contributed by atoms with E-state index in [0.717, 1.165) is 25.7 Å². The minimum absolute atomic E-state index is 0.00100. The van der Waals surface area contributed by atoms with Gasteiger partial charge in [0.25, 0.3) is 5.91 Å². The number of hydrazine groups is 1. The second kappa shape index (κ2) is 8.41. The molecule has 1 aliphatic carbocycles. The molecule has 1 saturated carbocycles. The van der Waals surface area contributed by atoms with Crippen molar-refractivity contribution < 1.29 is 19.1 Å². The lowest BCUT2D eigenvalue weighted by molar-refractivity contribution is -0.126. The van der Waals surface area contributed by atoms with Crippen molar-refractivity contribution in [3.63, 3.8) is 0 Å². The van der Waals surface area contributed by atoms with Crippen LogP contribution in [0.2, 0.25) is 0 Å². The summed E-state index contributed by atoms with van der Waals surface area (Å²) < 4.78 is 10.6. The first-order valence-electron chi connectivity index (χ1n) is 8.06. The van der Waals surface area contributed by atoms with Gasteiger partial charge in [-0.1, -0.05) is 19.3 Å². The SMILES string of the molecule is CCOc1ccc(C(=O)NNC(=O)C2CCCCC2)cc1OC. The predicted molar refractivity (Wildman–Crippen MR) is 86.3 cm³/mol. The molecule has 1 aromatic rings. The highest BCUT2D eigenvalue weighted by Crippen LogP contribution is 2.28. The Morgan fingerprint density at radius 3 is 2.52 bits per heavy atom. The summed E-state index contributed by atoms with van der Waals surface area (Å²) in [5, 5.41) is 0. The number of ether oxygens (including phenoxy) is 2. The first-order chi connectivity index (χ1) is 11.2. The van der Waals surface area contributed by atoms with Crippen molar-refractivity contribution in [2.24, 2.45) is 5.92 Å². The van der Waals surface area contributed by atoms with Crippen molar-refractivity contribution in [1.29, 1.82) is 0 Å². The zero-order valence-electron chi connectivity index (χ0n) is 13.7. The summed E-state index contributed by atoms with van der Waals surface area (Å²) in [6, 6.07) is 4.91. The number of rotatable bonds is 5. The highest BCUT2D eigenvalue weighted by molar-refractivity contribution is 5.96. The summed E-state index contributed by atoms with van der Waals surface area (Å²) in [5.74, 6) is 0.571. The molecule has 2 N–H and O–H groups in total. The first kappa shape index (κ1) is 17.1. The maximum atomic E-state index is 12.1. The minimum Gasteiger partial charge on any atom is -0.493 e. The van der Waals surface area contributed by atoms with Crippen LogP contribution in [0.4, 0.5) is 0 Å². The molecule has 0 aromatic heterocycles. The van der Waals surface area contributed by atoms with Gasteiger partial charge in [0.05, 0.1) is 13.7 Å². The van der Waals surface area contributed by atoms with Gasteiger partial charge in [-0.15, -0.1) is 0 Å². The van der Waals surface area contributed by atoms with E-state index in [2.05, 4.69) is 10.9 Å². The maximum absolute atomic E-state index is 12.1. The average molecular weight is 320 g/mol. The highest BCUT2D eigenvalue weighted by atomic mass is 16.5. The van der Waals surface area contributed by atoms with Gasteiger partial charge < -0.3 is 9.47 Å². The number of hydrogen-bond acceptors (Lipinski definition) is 4. The molecule has 0 saturated heterocycles. The van der Waals surface area contributed by atoms with Crippen molar-refractivity contribution in [2.75, 3.05) is 13.7 Å². The van der Waals surface area contributed by atoms with Gasteiger partial charge in [-0.25, -0.2) is 0 Å². The molecule has 0 heterocycles. The summed E-state index contributed by atoms with van der Waals surface area (Å²) >= 11 is 0. The van der Waals surface area contributed by atoms with E-state index >= 15 is 0 Å². The molecule has 126 valence electrons. The average Bonchev–Trinajstić information content (AvgIpc) is 2.60. The molecule has 2 rings (SSSR count). The van der Waals surface area contributed by atoms with Crippen molar-refractivity contribution in [3.8, 4) is 11.5 Å². The topological polar surface area (TPSA) is 76.7 Å². The van der Waals surface area contributed by atoms with Gasteiger partial charge in [0, 0.05) is 11.5 Å². The minimum atomic E-state index is -0.379. The number of nitrogens with one attached hydrogen (secondary N) is 2. The molecular formula is C17H24N2O4. The molecule has 0 radical (unpaired) electrons. The maximum Gasteiger partial charge on any atom is 0.269 e. The summed E-state index contributed by atoms with van der Waals surface area (Å²) in [5.41, 5.74) is 5.38. The van der Waals surface area contributed by atoms with Crippen LogP contribution >= 0.6 is 0 Å². The lowest BCUT2D eigenvalue weighted by Gasteiger charge is -2.20. The van der Waals surface area contributed by atoms with Crippen LogP contribution in [0.1, 0.15) is 49.4 Å². The molecule has 6 heteroatoms. The van der Waals surface area contributed by atoms with Crippen LogP contribution in [0.15, 0.2) is 18.2 Å². The number of carbonyl (C=O) groups excluding carboxylic acids is 2. The van der Waals surface area contributed by atoms with Crippen LogP contribution in [0.3, 0.4) is 0 Å². The Balaban J connectivity index is 1.93. The van der Waals surface area contributed by atoms with Gasteiger partial charge >= 0.3 is 0 Å². The van der Waals surface area contributed by atoms with Gasteiger partial charge in [-0.2, -0.15) is 0 Å². The molecule has 1 aromatic carbocycles. The van der Waals surface area contributed by atoms with Crippen LogP contribution in [0.25, 0.3) is 0 Å². The summed E-state index contributed by atoms with van der Waals surface area (Å²) in [6.45, 7) is 2.39. The monoisotopic (exact) mass is 320 g/mol. The standard InChI is InChI=1S/C17H24N2O4/c1-3-23-14-10-9-13(11-15(14)22-2)17(21)19-18-16(20)12-7-5-4-6-8-12/h9-12H,3-8H2,1-2H3,(H,18,20)(H,19,21). The lowest BCUT2D eigenvalue weighted by Crippen LogP contribution is -2.44. The fourth-order valence-corrected chi connectivity index (χ4v) is 2.74. The van der Waals surface area contributed by atoms with Crippen LogP contribution in [-0.2, 0) is 4.79 Å². The van der Waals surface area contributed by atoms with Crippen molar-refractivity contribution >= 4 is 11.8 Å². The Kier molecular flexibility index (Phi) is 6.26. The van der Waals surface area contributed by atoms with Gasteiger partial charge in [0.2, 0.25) is 5.91 Å². The summed E-state index contributed by atoms with van der Waals surface area (Å²) in [7, 11) is 1.52. The molecule has 23 heavy (non-hydrogen) atoms. The third-order valence-electron chi connectivity index (χ3n) is 4.00. The van der Waals surface area contributed by atoms with Crippen LogP contribution in [0.5, 0.6) is 11.5 Å². The second-order valence-electron chi connectivity index (χ2n) is 5.58. The van der Waals surface area contributed by atoms with E-state index in [0.29, 0.717) is 23.7 Å². The molecule has 0 atom stereocenters. The van der Waals surface area contributed by atoms with Crippen molar-refractivity contribution in [1.82, 2.24) is 10.9 Å². The summed E-state index contributed by atoms with van der Waals surface area (Å²) in [6.07, 6.45) is 5.10. The zero-order valence-corrected chi connectivity index (χ0v) is 13.7. The number of benzene rings is 1. The third kappa shape index (κ3) is 4.61. The third-order valence-corrected chi connectivity index (χ3v) is 4.00. The molecule has 1 fully saturated rings. The number of amides is 2. The van der Waals surface area contributed by atoms with E-state index in [1.54, 1.807) is 18.2 Å². The fraction of sp³-hybridized carbons (Fsp3) is 0.529. The Labute approximate surface area is 136 Å². The Morgan fingerprint density at radius 2 is 1.87 bits per heavy atom. The fourth-order valence-electron chi connectivity index (χ4n) is 2.74. The summed E-state index contributed by atoms with van der Waals surface area (Å²) in [4.78, 5) is 24.2. The van der Waals surface area contributed by atoms with E-state index in [1.165, 1.54) is 13.5 Å². The molecule has 0 spiro atoms. The van der Waals surface area contributed by atoms with Crippen LogP contribution in [0, 0.1) is 5.92 Å². The van der Waals surface area contributed by atoms with Gasteiger partial charge in [-0.3, -0.25) is 20.4 Å². The van der Waals surface area contributed by atoms with Gasteiger partial charge in [0.1, 0.15) is 0 Å². The Bertz CT molecular complexity index is 554. The highest BCUT2D eigenvalue weighted by Gasteiger charge is 2.21. The van der Waals surface area contributed by atoms with E-state index in [9.17, 15) is 9.59 Å². The lowest BCUT2D eigenvalue weighted by atomic mass is 9.89. The molecule has 0 aliphatic heterocycles. The second-order valence-corrected chi connectivity index (χ2v) is 5.58. The molecule has 0 bridgehead atoms. The van der Waals surface area contributed by atoms with Crippen LogP contribution < -0.4 is 20.3 Å². The van der Waals surface area contributed by atoms with Crippen molar-refractivity contribution in [2.45, 2.75) is 39.0 Å². The first-order valence-corrected chi connectivity index (χ1v) is 8.06. The molecule has 6 nitrogen and oxygen atoms in total. The Morgan fingerprint density at radius 1 is 1.13 bits per heavy atom. The normalized spacial score (nSPS) is 14.9. The van der Waals surface area contributed by atoms with E-state index in [1.807, 2.05) is 6.92 Å². The zero-order chi connectivity index (χ0) is 16.7. The largest absolute Gasteiger partial charge is 0.493 e. The number of carbonyl (C=O) groups is 2. The van der Waals surface area contributed by atoms with E-state index < -0.39 is 0 Å². The van der Waals surface area contributed by atoms with Gasteiger partial charge in [-0.05, 0) is 38.0 Å². The predicted octanol–water partition coefficient (Wildman–Crippen LogP) is 2.44. The van der Waals surface area contributed by atoms with E-state index in [-0.39, 0.29) is 17.7 Å². The van der Waals surface area contributed by atoms with Crippen LogP contribution in [-0.4, -0.2) is 25.5 Å². The van der Waals surface area contributed by atoms with E-state index in [4.69, 9.17) is 9.47 Å². The number of methoxy groups -OCH3 is 1.